The van der Waals surface area contributed by atoms with Crippen molar-refractivity contribution in [3.63, 3.8) is 0 Å². The van der Waals surface area contributed by atoms with Crippen LogP contribution in [0.1, 0.15) is 24.6 Å². The minimum absolute atomic E-state index is 0.201. The second-order valence-corrected chi connectivity index (χ2v) is 6.31. The zero-order valence-corrected chi connectivity index (χ0v) is 11.5. The number of amides is 1. The summed E-state index contributed by atoms with van der Waals surface area (Å²) in [7, 11) is 0. The lowest BCUT2D eigenvalue weighted by Crippen LogP contribution is -2.39. The molecule has 1 amide bonds. The molecule has 1 aromatic rings. The quantitative estimate of drug-likeness (QED) is 0.895. The van der Waals surface area contributed by atoms with Crippen molar-refractivity contribution >= 4 is 28.8 Å². The van der Waals surface area contributed by atoms with E-state index >= 15 is 0 Å². The first kappa shape index (κ1) is 12.9. The van der Waals surface area contributed by atoms with Gasteiger partial charge in [0.05, 0.1) is 16.3 Å². The van der Waals surface area contributed by atoms with Crippen molar-refractivity contribution < 1.29 is 4.79 Å². The summed E-state index contributed by atoms with van der Waals surface area (Å²) in [6.45, 7) is 3.83. The average molecular weight is 273 g/mol. The summed E-state index contributed by atoms with van der Waals surface area (Å²) in [4.78, 5) is 15.3. The smallest absolute Gasteiger partial charge is 0.230 e. The maximum atomic E-state index is 12.3. The molecule has 0 radical (unpaired) electrons. The maximum Gasteiger partial charge on any atom is 0.230 e. The average Bonchev–Trinajstić information content (AvgIpc) is 3.03. The van der Waals surface area contributed by atoms with E-state index in [9.17, 15) is 4.79 Å². The third-order valence-corrected chi connectivity index (χ3v) is 4.56. The monoisotopic (exact) mass is 272 g/mol. The second kappa shape index (κ2) is 4.96. The molecule has 17 heavy (non-hydrogen) atoms. The Balaban J connectivity index is 2.04. The van der Waals surface area contributed by atoms with Crippen LogP contribution in [0.15, 0.2) is 12.1 Å². The van der Waals surface area contributed by atoms with E-state index in [0.29, 0.717) is 13.1 Å². The van der Waals surface area contributed by atoms with Crippen LogP contribution in [0.2, 0.25) is 4.34 Å². The third kappa shape index (κ3) is 2.64. The molecule has 0 spiro atoms. The molecule has 2 N–H and O–H groups in total. The van der Waals surface area contributed by atoms with E-state index < -0.39 is 0 Å². The molecule has 0 atom stereocenters. The second-order valence-electron chi connectivity index (χ2n) is 4.51. The van der Waals surface area contributed by atoms with Gasteiger partial charge in [0.15, 0.2) is 0 Å². The van der Waals surface area contributed by atoms with Gasteiger partial charge in [-0.15, -0.1) is 11.3 Å². The lowest BCUT2D eigenvalue weighted by atomic mass is 10.1. The maximum absolute atomic E-state index is 12.3. The van der Waals surface area contributed by atoms with Crippen molar-refractivity contribution in [1.29, 1.82) is 0 Å². The standard InChI is InChI=1S/C12H17ClN2OS/c1-2-15(7-9-3-4-10(13)17-9)11(16)12(8-14)5-6-12/h3-4H,2,5-8,14H2,1H3. The molecular weight excluding hydrogens is 256 g/mol. The van der Waals surface area contributed by atoms with Crippen LogP contribution >= 0.6 is 22.9 Å². The summed E-state index contributed by atoms with van der Waals surface area (Å²) < 4.78 is 0.767. The first-order valence-electron chi connectivity index (χ1n) is 5.85. The van der Waals surface area contributed by atoms with Crippen LogP contribution in [0.25, 0.3) is 0 Å². The van der Waals surface area contributed by atoms with Crippen LogP contribution in [0.5, 0.6) is 0 Å². The molecule has 1 aliphatic carbocycles. The number of hydrogen-bond acceptors (Lipinski definition) is 3. The molecule has 0 aromatic carbocycles. The zero-order chi connectivity index (χ0) is 12.5. The summed E-state index contributed by atoms with van der Waals surface area (Å²) in [5, 5.41) is 0. The summed E-state index contributed by atoms with van der Waals surface area (Å²) in [5.74, 6) is 0.201. The largest absolute Gasteiger partial charge is 0.337 e. The summed E-state index contributed by atoms with van der Waals surface area (Å²) in [6, 6.07) is 3.85. The van der Waals surface area contributed by atoms with Crippen LogP contribution in [0.3, 0.4) is 0 Å². The Kier molecular flexibility index (Phi) is 3.76. The minimum atomic E-state index is -0.253. The molecule has 1 aliphatic rings. The van der Waals surface area contributed by atoms with Gasteiger partial charge in [-0.05, 0) is 31.9 Å². The third-order valence-electron chi connectivity index (χ3n) is 3.34. The summed E-state index contributed by atoms with van der Waals surface area (Å²) >= 11 is 7.42. The van der Waals surface area contributed by atoms with Crippen molar-refractivity contribution in [3.05, 3.63) is 21.3 Å². The van der Waals surface area contributed by atoms with E-state index in [0.717, 1.165) is 28.6 Å². The number of hydrogen-bond donors (Lipinski definition) is 1. The number of thiophene rings is 1. The molecule has 1 fully saturated rings. The van der Waals surface area contributed by atoms with Gasteiger partial charge in [-0.1, -0.05) is 11.6 Å². The van der Waals surface area contributed by atoms with E-state index in [-0.39, 0.29) is 11.3 Å². The molecule has 1 aromatic heterocycles. The zero-order valence-electron chi connectivity index (χ0n) is 9.91. The number of nitrogens with zero attached hydrogens (tertiary/aromatic N) is 1. The molecule has 0 saturated heterocycles. The Morgan fingerprint density at radius 2 is 2.29 bits per heavy atom. The number of rotatable bonds is 5. The first-order valence-corrected chi connectivity index (χ1v) is 7.04. The van der Waals surface area contributed by atoms with Crippen LogP contribution in [0, 0.1) is 5.41 Å². The van der Waals surface area contributed by atoms with E-state index in [1.165, 1.54) is 11.3 Å². The molecule has 5 heteroatoms. The normalized spacial score (nSPS) is 16.9. The first-order chi connectivity index (χ1) is 8.11. The molecule has 94 valence electrons. The molecule has 0 aliphatic heterocycles. The van der Waals surface area contributed by atoms with Gasteiger partial charge in [0, 0.05) is 18.0 Å². The highest BCUT2D eigenvalue weighted by molar-refractivity contribution is 7.16. The lowest BCUT2D eigenvalue weighted by Gasteiger charge is -2.25. The predicted molar refractivity (Wildman–Crippen MR) is 71.1 cm³/mol. The fourth-order valence-electron chi connectivity index (χ4n) is 1.94. The van der Waals surface area contributed by atoms with E-state index in [4.69, 9.17) is 17.3 Å². The molecule has 1 heterocycles. The van der Waals surface area contributed by atoms with Gasteiger partial charge in [0.2, 0.25) is 5.91 Å². The minimum Gasteiger partial charge on any atom is -0.337 e. The number of carbonyl (C=O) groups is 1. The Morgan fingerprint density at radius 3 is 2.71 bits per heavy atom. The lowest BCUT2D eigenvalue weighted by molar-refractivity contribution is -0.137. The molecule has 2 rings (SSSR count). The number of halogens is 1. The highest BCUT2D eigenvalue weighted by Crippen LogP contribution is 2.46. The van der Waals surface area contributed by atoms with Crippen LogP contribution < -0.4 is 5.73 Å². The van der Waals surface area contributed by atoms with Gasteiger partial charge < -0.3 is 10.6 Å². The van der Waals surface area contributed by atoms with Crippen LogP contribution in [-0.4, -0.2) is 23.9 Å². The molecule has 0 bridgehead atoms. The summed E-state index contributed by atoms with van der Waals surface area (Å²) in [5.41, 5.74) is 5.44. The Hall–Kier alpha value is -0.580. The van der Waals surface area contributed by atoms with Crippen molar-refractivity contribution in [2.45, 2.75) is 26.3 Å². The van der Waals surface area contributed by atoms with Gasteiger partial charge in [-0.2, -0.15) is 0 Å². The Bertz CT molecular complexity index is 414. The van der Waals surface area contributed by atoms with Crippen molar-refractivity contribution in [2.24, 2.45) is 11.1 Å². The Labute approximate surface area is 111 Å². The predicted octanol–water partition coefficient (Wildman–Crippen LogP) is 2.49. The van der Waals surface area contributed by atoms with E-state index in [2.05, 4.69) is 0 Å². The highest BCUT2D eigenvalue weighted by atomic mass is 35.5. The molecular formula is C12H17ClN2OS. The van der Waals surface area contributed by atoms with Gasteiger partial charge in [-0.25, -0.2) is 0 Å². The van der Waals surface area contributed by atoms with Gasteiger partial charge in [0.25, 0.3) is 0 Å². The van der Waals surface area contributed by atoms with Crippen molar-refractivity contribution in [1.82, 2.24) is 4.90 Å². The number of carbonyl (C=O) groups excluding carboxylic acids is 1. The molecule has 1 saturated carbocycles. The van der Waals surface area contributed by atoms with E-state index in [1.807, 2.05) is 24.0 Å². The van der Waals surface area contributed by atoms with E-state index in [1.54, 1.807) is 0 Å². The van der Waals surface area contributed by atoms with Gasteiger partial charge in [-0.3, -0.25) is 4.79 Å². The topological polar surface area (TPSA) is 46.3 Å². The molecule has 3 nitrogen and oxygen atoms in total. The molecule has 0 unspecified atom stereocenters. The SMILES string of the molecule is CCN(Cc1ccc(Cl)s1)C(=O)C1(CN)CC1. The van der Waals surface area contributed by atoms with Crippen LogP contribution in [-0.2, 0) is 11.3 Å². The Morgan fingerprint density at radius 1 is 1.59 bits per heavy atom. The van der Waals surface area contributed by atoms with Crippen molar-refractivity contribution in [3.8, 4) is 0 Å². The van der Waals surface area contributed by atoms with Crippen molar-refractivity contribution in [2.75, 3.05) is 13.1 Å². The van der Waals surface area contributed by atoms with Crippen LogP contribution in [0.4, 0.5) is 0 Å². The summed E-state index contributed by atoms with van der Waals surface area (Å²) in [6.07, 6.45) is 1.87. The fraction of sp³-hybridized carbons (Fsp3) is 0.583. The number of nitrogens with two attached hydrogens (primary N) is 1. The van der Waals surface area contributed by atoms with Gasteiger partial charge in [0.1, 0.15) is 0 Å². The van der Waals surface area contributed by atoms with Gasteiger partial charge >= 0.3 is 0 Å². The highest BCUT2D eigenvalue weighted by Gasteiger charge is 2.50. The fourth-order valence-corrected chi connectivity index (χ4v) is 3.05.